The number of anilines is 2. The average molecular weight is 389 g/mol. The lowest BCUT2D eigenvalue weighted by molar-refractivity contribution is 0.0496. The summed E-state index contributed by atoms with van der Waals surface area (Å²) in [6.45, 7) is 12.7. The first-order valence-electron chi connectivity index (χ1n) is 9.77. The van der Waals surface area contributed by atoms with E-state index >= 15 is 0 Å². The van der Waals surface area contributed by atoms with E-state index in [4.69, 9.17) is 9.47 Å². The molecule has 2 aliphatic heterocycles. The fraction of sp³-hybridized carbons (Fsp3) is 0.619. The van der Waals surface area contributed by atoms with Crippen molar-refractivity contribution >= 4 is 23.6 Å². The van der Waals surface area contributed by atoms with Gasteiger partial charge in [0.25, 0.3) is 0 Å². The molecule has 0 bridgehead atoms. The molecule has 0 aromatic heterocycles. The largest absolute Gasteiger partial charge is 0.444 e. The Kier molecular flexibility index (Phi) is 5.21. The average Bonchev–Trinajstić information content (AvgIpc) is 3.13. The van der Waals surface area contributed by atoms with Gasteiger partial charge in [0.1, 0.15) is 11.7 Å². The minimum Gasteiger partial charge on any atom is -0.444 e. The quantitative estimate of drug-likeness (QED) is 0.819. The highest BCUT2D eigenvalue weighted by molar-refractivity contribution is 5.90. The van der Waals surface area contributed by atoms with Crippen LogP contribution in [-0.4, -0.2) is 43.0 Å². The number of cyclic esters (lactones) is 1. The molecule has 2 heterocycles. The fourth-order valence-corrected chi connectivity index (χ4v) is 3.39. The highest BCUT2D eigenvalue weighted by Gasteiger charge is 2.35. The number of amides is 2. The molecule has 1 aromatic carbocycles. The van der Waals surface area contributed by atoms with Crippen molar-refractivity contribution in [3.05, 3.63) is 23.8 Å². The maximum absolute atomic E-state index is 12.3. The number of nitrogens with one attached hydrogen (secondary N) is 2. The van der Waals surface area contributed by atoms with Gasteiger partial charge in [-0.2, -0.15) is 0 Å². The van der Waals surface area contributed by atoms with Crippen molar-refractivity contribution in [1.82, 2.24) is 5.32 Å². The van der Waals surface area contributed by atoms with E-state index < -0.39 is 23.9 Å². The van der Waals surface area contributed by atoms with Crippen LogP contribution in [-0.2, 0) is 15.9 Å². The molecule has 2 aliphatic rings. The summed E-state index contributed by atoms with van der Waals surface area (Å²) in [6, 6.07) is 6.38. The Morgan fingerprint density at radius 2 is 2.00 bits per heavy atom. The van der Waals surface area contributed by atoms with E-state index in [0.29, 0.717) is 12.6 Å². The number of ether oxygens (including phenoxy) is 2. The highest BCUT2D eigenvalue weighted by Crippen LogP contribution is 2.37. The van der Waals surface area contributed by atoms with E-state index in [1.54, 1.807) is 25.7 Å². The number of fused-ring (bicyclic) bond motifs is 1. The van der Waals surface area contributed by atoms with Crippen LogP contribution in [0, 0.1) is 5.41 Å². The second-order valence-corrected chi connectivity index (χ2v) is 9.61. The van der Waals surface area contributed by atoms with Crippen LogP contribution in [0.1, 0.15) is 47.1 Å². The van der Waals surface area contributed by atoms with Crippen molar-refractivity contribution in [2.75, 3.05) is 23.3 Å². The minimum absolute atomic E-state index is 0.157. The fourth-order valence-electron chi connectivity index (χ4n) is 3.39. The van der Waals surface area contributed by atoms with E-state index in [1.807, 2.05) is 12.1 Å². The van der Waals surface area contributed by atoms with E-state index in [0.717, 1.165) is 17.8 Å². The summed E-state index contributed by atoms with van der Waals surface area (Å²) in [4.78, 5) is 25.7. The third kappa shape index (κ3) is 4.69. The molecular formula is C21H31N3O4. The Morgan fingerprint density at radius 1 is 1.29 bits per heavy atom. The molecule has 2 amide bonds. The summed E-state index contributed by atoms with van der Waals surface area (Å²) < 4.78 is 10.6. The van der Waals surface area contributed by atoms with Gasteiger partial charge in [0.15, 0.2) is 0 Å². The summed E-state index contributed by atoms with van der Waals surface area (Å²) in [5.74, 6) is 0. The number of rotatable bonds is 3. The number of hydrogen-bond acceptors (Lipinski definition) is 5. The van der Waals surface area contributed by atoms with E-state index in [2.05, 4.69) is 37.5 Å². The molecule has 154 valence electrons. The van der Waals surface area contributed by atoms with E-state index in [-0.39, 0.29) is 12.0 Å². The van der Waals surface area contributed by atoms with Gasteiger partial charge in [-0.05, 0) is 56.4 Å². The molecule has 3 rings (SSSR count). The van der Waals surface area contributed by atoms with Gasteiger partial charge in [-0.15, -0.1) is 0 Å². The molecule has 1 fully saturated rings. The third-order valence-electron chi connectivity index (χ3n) is 4.95. The van der Waals surface area contributed by atoms with Gasteiger partial charge in [0.05, 0.1) is 13.1 Å². The zero-order valence-corrected chi connectivity index (χ0v) is 17.6. The van der Waals surface area contributed by atoms with Gasteiger partial charge in [-0.1, -0.05) is 20.8 Å². The summed E-state index contributed by atoms with van der Waals surface area (Å²) in [5.41, 5.74) is 2.75. The van der Waals surface area contributed by atoms with Crippen molar-refractivity contribution in [2.24, 2.45) is 5.41 Å². The molecule has 2 atom stereocenters. The van der Waals surface area contributed by atoms with Crippen molar-refractivity contribution < 1.29 is 19.1 Å². The van der Waals surface area contributed by atoms with Crippen LogP contribution in [0.4, 0.5) is 21.0 Å². The summed E-state index contributed by atoms with van der Waals surface area (Å²) in [5, 5.41) is 6.23. The Hall–Kier alpha value is -2.44. The van der Waals surface area contributed by atoms with Crippen LogP contribution in [0.15, 0.2) is 18.2 Å². The van der Waals surface area contributed by atoms with Crippen LogP contribution in [0.5, 0.6) is 0 Å². The first-order valence-corrected chi connectivity index (χ1v) is 9.77. The van der Waals surface area contributed by atoms with Crippen molar-refractivity contribution in [3.8, 4) is 0 Å². The Morgan fingerprint density at radius 3 is 2.64 bits per heavy atom. The predicted octanol–water partition coefficient (Wildman–Crippen LogP) is 3.92. The summed E-state index contributed by atoms with van der Waals surface area (Å²) in [6.07, 6.45) is -0.388. The minimum atomic E-state index is -0.564. The normalized spacial score (nSPS) is 21.8. The first kappa shape index (κ1) is 20.3. The van der Waals surface area contributed by atoms with Gasteiger partial charge < -0.3 is 20.1 Å². The first-order chi connectivity index (χ1) is 12.9. The lowest BCUT2D eigenvalue weighted by Gasteiger charge is -2.27. The van der Waals surface area contributed by atoms with Crippen LogP contribution in [0.2, 0.25) is 0 Å². The second-order valence-electron chi connectivity index (χ2n) is 9.61. The van der Waals surface area contributed by atoms with Crippen LogP contribution >= 0.6 is 0 Å². The van der Waals surface area contributed by atoms with E-state index in [1.165, 1.54) is 5.56 Å². The lowest BCUT2D eigenvalue weighted by Crippen LogP contribution is -2.38. The maximum atomic E-state index is 12.3. The number of benzene rings is 1. The standard InChI is InChI=1S/C21H31N3O4/c1-20(2,3)17-10-13-9-14(7-8-16(13)23-17)24-12-15(27-19(24)26)11-22-18(25)28-21(4,5)6/h7-9,15,17,23H,10-12H2,1-6H3,(H,22,25)/t15-,17?/m0/s1. The smallest absolute Gasteiger partial charge is 0.414 e. The number of alkyl carbamates (subject to hydrolysis) is 1. The molecular weight excluding hydrogens is 358 g/mol. The second kappa shape index (κ2) is 7.18. The van der Waals surface area contributed by atoms with Crippen LogP contribution in [0.3, 0.4) is 0 Å². The molecule has 1 saturated heterocycles. The summed E-state index contributed by atoms with van der Waals surface area (Å²) >= 11 is 0. The third-order valence-corrected chi connectivity index (χ3v) is 4.95. The van der Waals surface area contributed by atoms with Gasteiger partial charge >= 0.3 is 12.2 Å². The molecule has 2 N–H and O–H groups in total. The number of carbonyl (C=O) groups is 2. The number of carbonyl (C=O) groups excluding carboxylic acids is 2. The molecule has 1 aromatic rings. The monoisotopic (exact) mass is 389 g/mol. The van der Waals surface area contributed by atoms with Gasteiger partial charge in [-0.25, -0.2) is 9.59 Å². The number of hydrogen-bond donors (Lipinski definition) is 2. The topological polar surface area (TPSA) is 79.9 Å². The molecule has 7 nitrogen and oxygen atoms in total. The van der Waals surface area contributed by atoms with Gasteiger partial charge in [-0.3, -0.25) is 4.90 Å². The SMILES string of the molecule is CC(C)(C)OC(=O)NC[C@H]1CN(c2ccc3c(c2)CC(C(C)(C)C)N3)C(=O)O1. The number of nitrogens with zero attached hydrogens (tertiary/aromatic N) is 1. The molecule has 0 radical (unpaired) electrons. The predicted molar refractivity (Wildman–Crippen MR) is 109 cm³/mol. The zero-order valence-electron chi connectivity index (χ0n) is 17.6. The molecule has 0 aliphatic carbocycles. The highest BCUT2D eigenvalue weighted by atomic mass is 16.6. The van der Waals surface area contributed by atoms with Crippen molar-refractivity contribution in [3.63, 3.8) is 0 Å². The Bertz CT molecular complexity index is 764. The molecule has 0 saturated carbocycles. The molecule has 0 spiro atoms. The zero-order chi connectivity index (χ0) is 20.7. The Balaban J connectivity index is 1.60. The summed E-state index contributed by atoms with van der Waals surface area (Å²) in [7, 11) is 0. The Labute approximate surface area is 166 Å². The molecule has 7 heteroatoms. The van der Waals surface area contributed by atoms with Gasteiger partial charge in [0, 0.05) is 17.4 Å². The van der Waals surface area contributed by atoms with Crippen molar-refractivity contribution in [2.45, 2.75) is 65.7 Å². The van der Waals surface area contributed by atoms with Crippen LogP contribution in [0.25, 0.3) is 0 Å². The van der Waals surface area contributed by atoms with Crippen molar-refractivity contribution in [1.29, 1.82) is 0 Å². The maximum Gasteiger partial charge on any atom is 0.414 e. The lowest BCUT2D eigenvalue weighted by atomic mass is 9.85. The van der Waals surface area contributed by atoms with Crippen LogP contribution < -0.4 is 15.5 Å². The molecule has 1 unspecified atom stereocenters. The molecule has 28 heavy (non-hydrogen) atoms. The van der Waals surface area contributed by atoms with Gasteiger partial charge in [0.2, 0.25) is 0 Å². The van der Waals surface area contributed by atoms with E-state index in [9.17, 15) is 9.59 Å².